The van der Waals surface area contributed by atoms with Gasteiger partial charge in [0.15, 0.2) is 0 Å². The van der Waals surface area contributed by atoms with Gasteiger partial charge in [-0.3, -0.25) is 0 Å². The Morgan fingerprint density at radius 3 is 2.71 bits per heavy atom. The highest BCUT2D eigenvalue weighted by Gasteiger charge is 1.99. The Labute approximate surface area is 95.2 Å². The van der Waals surface area contributed by atoms with Gasteiger partial charge in [-0.1, -0.05) is 37.6 Å². The molecular formula is C11H16ClNS. The summed E-state index contributed by atoms with van der Waals surface area (Å²) in [6.07, 6.45) is 0. The van der Waals surface area contributed by atoms with Crippen LogP contribution in [0, 0.1) is 0 Å². The Hall–Kier alpha value is -0.180. The summed E-state index contributed by atoms with van der Waals surface area (Å²) in [4.78, 5) is 1.17. The lowest BCUT2D eigenvalue weighted by molar-refractivity contribution is 0.616. The molecule has 0 saturated carbocycles. The molecule has 1 N–H and O–H groups in total. The monoisotopic (exact) mass is 229 g/mol. The molecule has 3 heteroatoms. The van der Waals surface area contributed by atoms with Crippen molar-refractivity contribution in [1.29, 1.82) is 0 Å². The minimum atomic E-state index is 0.557. The third-order valence-electron chi connectivity index (χ3n) is 1.75. The van der Waals surface area contributed by atoms with Crippen LogP contribution in [0.3, 0.4) is 0 Å². The van der Waals surface area contributed by atoms with Gasteiger partial charge in [-0.15, -0.1) is 11.8 Å². The van der Waals surface area contributed by atoms with E-state index in [2.05, 4.69) is 25.2 Å². The Morgan fingerprint density at radius 1 is 1.36 bits per heavy atom. The van der Waals surface area contributed by atoms with Crippen molar-refractivity contribution < 1.29 is 0 Å². The predicted octanol–water partition coefficient (Wildman–Crippen LogP) is 3.43. The van der Waals surface area contributed by atoms with Crippen LogP contribution in [0.5, 0.6) is 0 Å². The minimum Gasteiger partial charge on any atom is -0.314 e. The van der Waals surface area contributed by atoms with E-state index in [1.54, 1.807) is 11.8 Å². The summed E-state index contributed by atoms with van der Waals surface area (Å²) in [6.45, 7) is 5.33. The SMILES string of the molecule is CC(C)NCCSc1ccccc1Cl. The van der Waals surface area contributed by atoms with E-state index < -0.39 is 0 Å². The number of thioether (sulfide) groups is 1. The molecule has 1 nitrogen and oxygen atoms in total. The number of nitrogens with one attached hydrogen (secondary N) is 1. The third-order valence-corrected chi connectivity index (χ3v) is 3.27. The summed E-state index contributed by atoms with van der Waals surface area (Å²) in [5, 5.41) is 4.22. The van der Waals surface area contributed by atoms with Gasteiger partial charge in [0.1, 0.15) is 0 Å². The van der Waals surface area contributed by atoms with Crippen LogP contribution in [0.25, 0.3) is 0 Å². The summed E-state index contributed by atoms with van der Waals surface area (Å²) < 4.78 is 0. The van der Waals surface area contributed by atoms with Gasteiger partial charge in [0.25, 0.3) is 0 Å². The van der Waals surface area contributed by atoms with E-state index in [-0.39, 0.29) is 0 Å². The molecule has 0 unspecified atom stereocenters. The van der Waals surface area contributed by atoms with Crippen molar-refractivity contribution in [3.63, 3.8) is 0 Å². The quantitative estimate of drug-likeness (QED) is 0.613. The van der Waals surface area contributed by atoms with Gasteiger partial charge in [-0.2, -0.15) is 0 Å². The second-order valence-electron chi connectivity index (χ2n) is 3.39. The van der Waals surface area contributed by atoms with Crippen LogP contribution >= 0.6 is 23.4 Å². The van der Waals surface area contributed by atoms with Crippen molar-refractivity contribution in [3.8, 4) is 0 Å². The molecule has 0 aliphatic heterocycles. The number of hydrogen-bond acceptors (Lipinski definition) is 2. The summed E-state index contributed by atoms with van der Waals surface area (Å²) in [7, 11) is 0. The van der Waals surface area contributed by atoms with Crippen LogP contribution in [-0.4, -0.2) is 18.3 Å². The molecule has 0 amide bonds. The van der Waals surface area contributed by atoms with E-state index in [0.29, 0.717) is 6.04 Å². The van der Waals surface area contributed by atoms with E-state index in [1.807, 2.05) is 18.2 Å². The largest absolute Gasteiger partial charge is 0.314 e. The van der Waals surface area contributed by atoms with Crippen molar-refractivity contribution in [2.24, 2.45) is 0 Å². The molecule has 0 bridgehead atoms. The molecule has 78 valence electrons. The Kier molecular flexibility index (Phi) is 5.38. The molecule has 0 saturated heterocycles. The Bertz CT molecular complexity index is 276. The van der Waals surface area contributed by atoms with Crippen LogP contribution in [0.2, 0.25) is 5.02 Å². The van der Waals surface area contributed by atoms with Gasteiger partial charge in [0.2, 0.25) is 0 Å². The summed E-state index contributed by atoms with van der Waals surface area (Å²) in [5.41, 5.74) is 0. The number of halogens is 1. The van der Waals surface area contributed by atoms with Crippen molar-refractivity contribution in [1.82, 2.24) is 5.32 Å². The van der Waals surface area contributed by atoms with Gasteiger partial charge < -0.3 is 5.32 Å². The van der Waals surface area contributed by atoms with E-state index in [1.165, 1.54) is 4.90 Å². The van der Waals surface area contributed by atoms with Gasteiger partial charge in [-0.25, -0.2) is 0 Å². The molecule has 0 aliphatic carbocycles. The van der Waals surface area contributed by atoms with Crippen LogP contribution in [0.1, 0.15) is 13.8 Å². The zero-order valence-corrected chi connectivity index (χ0v) is 10.2. The lowest BCUT2D eigenvalue weighted by Gasteiger charge is -2.07. The molecular weight excluding hydrogens is 214 g/mol. The van der Waals surface area contributed by atoms with Crippen LogP contribution in [0.4, 0.5) is 0 Å². The minimum absolute atomic E-state index is 0.557. The van der Waals surface area contributed by atoms with Gasteiger partial charge >= 0.3 is 0 Å². The fourth-order valence-electron chi connectivity index (χ4n) is 1.07. The molecule has 0 aromatic heterocycles. The van der Waals surface area contributed by atoms with E-state index in [4.69, 9.17) is 11.6 Å². The highest BCUT2D eigenvalue weighted by atomic mass is 35.5. The van der Waals surface area contributed by atoms with Crippen LogP contribution < -0.4 is 5.32 Å². The number of rotatable bonds is 5. The molecule has 1 aromatic rings. The first kappa shape index (κ1) is 11.9. The van der Waals surface area contributed by atoms with E-state index in [9.17, 15) is 0 Å². The first-order valence-electron chi connectivity index (χ1n) is 4.81. The second-order valence-corrected chi connectivity index (χ2v) is 4.93. The van der Waals surface area contributed by atoms with Crippen molar-refractivity contribution in [2.45, 2.75) is 24.8 Å². The molecule has 0 aliphatic rings. The fourth-order valence-corrected chi connectivity index (χ4v) is 2.19. The maximum absolute atomic E-state index is 6.02. The molecule has 14 heavy (non-hydrogen) atoms. The van der Waals surface area contributed by atoms with E-state index >= 15 is 0 Å². The number of hydrogen-bond donors (Lipinski definition) is 1. The smallest absolute Gasteiger partial charge is 0.0541 e. The first-order chi connectivity index (χ1) is 6.70. The third kappa shape index (κ3) is 4.36. The van der Waals surface area contributed by atoms with E-state index in [0.717, 1.165) is 17.3 Å². The van der Waals surface area contributed by atoms with Gasteiger partial charge in [0, 0.05) is 23.2 Å². The summed E-state index contributed by atoms with van der Waals surface area (Å²) in [5.74, 6) is 1.06. The maximum Gasteiger partial charge on any atom is 0.0541 e. The zero-order chi connectivity index (χ0) is 10.4. The predicted molar refractivity (Wildman–Crippen MR) is 65.3 cm³/mol. The molecule has 0 radical (unpaired) electrons. The number of benzene rings is 1. The standard InChI is InChI=1S/C11H16ClNS/c1-9(2)13-7-8-14-11-6-4-3-5-10(11)12/h3-6,9,13H,7-8H2,1-2H3. The highest BCUT2D eigenvalue weighted by molar-refractivity contribution is 7.99. The molecule has 0 atom stereocenters. The van der Waals surface area contributed by atoms with Crippen molar-refractivity contribution in [3.05, 3.63) is 29.3 Å². The Morgan fingerprint density at radius 2 is 2.07 bits per heavy atom. The van der Waals surface area contributed by atoms with Gasteiger partial charge in [-0.05, 0) is 12.1 Å². The fraction of sp³-hybridized carbons (Fsp3) is 0.455. The Balaban J connectivity index is 2.28. The van der Waals surface area contributed by atoms with Crippen molar-refractivity contribution in [2.75, 3.05) is 12.3 Å². The maximum atomic E-state index is 6.02. The molecule has 1 aromatic carbocycles. The summed E-state index contributed by atoms with van der Waals surface area (Å²) in [6, 6.07) is 8.52. The average Bonchev–Trinajstić information content (AvgIpc) is 2.15. The van der Waals surface area contributed by atoms with Crippen LogP contribution in [-0.2, 0) is 0 Å². The topological polar surface area (TPSA) is 12.0 Å². The lowest BCUT2D eigenvalue weighted by atomic mass is 10.4. The highest BCUT2D eigenvalue weighted by Crippen LogP contribution is 2.25. The second kappa shape index (κ2) is 6.33. The first-order valence-corrected chi connectivity index (χ1v) is 6.17. The van der Waals surface area contributed by atoms with Crippen LogP contribution in [0.15, 0.2) is 29.2 Å². The molecule has 0 heterocycles. The average molecular weight is 230 g/mol. The zero-order valence-electron chi connectivity index (χ0n) is 8.59. The molecule has 1 rings (SSSR count). The normalized spacial score (nSPS) is 10.9. The molecule has 0 spiro atoms. The lowest BCUT2D eigenvalue weighted by Crippen LogP contribution is -2.24. The molecule has 0 fully saturated rings. The summed E-state index contributed by atoms with van der Waals surface area (Å²) >= 11 is 7.82. The van der Waals surface area contributed by atoms with Gasteiger partial charge in [0.05, 0.1) is 5.02 Å². The van der Waals surface area contributed by atoms with Crippen molar-refractivity contribution >= 4 is 23.4 Å².